The number of benzene rings is 2. The van der Waals surface area contributed by atoms with Crippen molar-refractivity contribution in [2.75, 3.05) is 18.4 Å². The van der Waals surface area contributed by atoms with E-state index in [1.807, 2.05) is 38.1 Å². The molecule has 1 aliphatic heterocycles. The molecule has 4 N–H and O–H groups in total. The molecule has 0 atom stereocenters. The maximum absolute atomic E-state index is 14.9. The van der Waals surface area contributed by atoms with Gasteiger partial charge in [-0.05, 0) is 25.1 Å². The van der Waals surface area contributed by atoms with Gasteiger partial charge in [0.05, 0.1) is 11.1 Å². The van der Waals surface area contributed by atoms with E-state index in [2.05, 4.69) is 20.9 Å². The second kappa shape index (κ2) is 9.42. The van der Waals surface area contributed by atoms with Crippen molar-refractivity contribution in [3.8, 4) is 11.1 Å². The van der Waals surface area contributed by atoms with Crippen LogP contribution in [0.5, 0.6) is 0 Å². The third-order valence-electron chi connectivity index (χ3n) is 5.55. The van der Waals surface area contributed by atoms with Crippen molar-refractivity contribution in [3.05, 3.63) is 76.9 Å². The minimum Gasteiger partial charge on any atom is -0.358 e. The van der Waals surface area contributed by atoms with Crippen LogP contribution in [0.15, 0.2) is 48.5 Å². The lowest BCUT2D eigenvalue weighted by atomic mass is 9.97. The van der Waals surface area contributed by atoms with Crippen LogP contribution in [0, 0.1) is 12.7 Å². The van der Waals surface area contributed by atoms with Gasteiger partial charge in [0.25, 0.3) is 11.8 Å². The number of halogens is 1. The number of aromatic amines is 1. The quantitative estimate of drug-likeness (QED) is 0.322. The number of nitrogens with one attached hydrogen (secondary N) is 4. The van der Waals surface area contributed by atoms with Crippen molar-refractivity contribution in [2.24, 2.45) is 0 Å². The van der Waals surface area contributed by atoms with Gasteiger partial charge in [-0.3, -0.25) is 9.59 Å². The summed E-state index contributed by atoms with van der Waals surface area (Å²) in [5.74, 6) is -0.981. The lowest BCUT2D eigenvalue weighted by Gasteiger charge is -2.11. The molecule has 0 saturated heterocycles. The van der Waals surface area contributed by atoms with E-state index in [0.29, 0.717) is 52.8 Å². The molecule has 6 nitrogen and oxygen atoms in total. The van der Waals surface area contributed by atoms with E-state index in [9.17, 15) is 14.0 Å². The van der Waals surface area contributed by atoms with Crippen LogP contribution in [-0.2, 0) is 4.79 Å². The third kappa shape index (κ3) is 4.59. The second-order valence-corrected chi connectivity index (χ2v) is 8.32. The predicted molar refractivity (Wildman–Crippen MR) is 129 cm³/mol. The first-order valence-electron chi connectivity index (χ1n) is 11.0. The highest BCUT2D eigenvalue weighted by atomic mass is 19.1. The highest BCUT2D eigenvalue weighted by molar-refractivity contribution is 6.35. The predicted octanol–water partition coefficient (Wildman–Crippen LogP) is 4.35. The smallest absolute Gasteiger partial charge is 0.256 e. The van der Waals surface area contributed by atoms with Gasteiger partial charge in [0.2, 0.25) is 0 Å². The number of amides is 2. The molecule has 1 aromatic heterocycles. The van der Waals surface area contributed by atoms with E-state index in [-0.39, 0.29) is 11.8 Å². The zero-order valence-electron chi connectivity index (χ0n) is 18.9. The number of anilines is 1. The zero-order valence-corrected chi connectivity index (χ0v) is 18.9. The molecule has 0 bridgehead atoms. The van der Waals surface area contributed by atoms with E-state index in [0.717, 1.165) is 11.3 Å². The summed E-state index contributed by atoms with van der Waals surface area (Å²) in [4.78, 5) is 29.0. The van der Waals surface area contributed by atoms with Crippen LogP contribution in [0.2, 0.25) is 0 Å². The first kappa shape index (κ1) is 22.5. The molecule has 0 saturated carbocycles. The highest BCUT2D eigenvalue weighted by Gasteiger charge is 2.27. The highest BCUT2D eigenvalue weighted by Crippen LogP contribution is 2.37. The Labute approximate surface area is 192 Å². The average molecular weight is 447 g/mol. The van der Waals surface area contributed by atoms with Crippen LogP contribution < -0.4 is 16.0 Å². The van der Waals surface area contributed by atoms with Crippen molar-refractivity contribution in [3.63, 3.8) is 0 Å². The molecule has 2 heterocycles. The number of carbonyl (C=O) groups excluding carboxylic acids is 2. The molecule has 0 aliphatic carbocycles. The number of para-hydroxylation sites is 1. The Kier molecular flexibility index (Phi) is 6.42. The van der Waals surface area contributed by atoms with E-state index < -0.39 is 5.82 Å². The van der Waals surface area contributed by atoms with E-state index in [4.69, 9.17) is 0 Å². The summed E-state index contributed by atoms with van der Waals surface area (Å²) in [5, 5.41) is 9.01. The van der Waals surface area contributed by atoms with Crippen LogP contribution in [0.1, 0.15) is 41.2 Å². The SMILES string of the molecule is Cc1[nH]c(C=C2C(=O)Nc3ccccc32)c(-c2ccccc2F)c1C(=O)NCCNC(C)C. The van der Waals surface area contributed by atoms with Crippen LogP contribution >= 0.6 is 0 Å². The largest absolute Gasteiger partial charge is 0.358 e. The van der Waals surface area contributed by atoms with Gasteiger partial charge in [-0.15, -0.1) is 0 Å². The molecular weight excluding hydrogens is 419 g/mol. The molecule has 0 unspecified atom stereocenters. The first-order chi connectivity index (χ1) is 15.9. The lowest BCUT2D eigenvalue weighted by molar-refractivity contribution is -0.110. The summed E-state index contributed by atoms with van der Waals surface area (Å²) >= 11 is 0. The van der Waals surface area contributed by atoms with Gasteiger partial charge in [0, 0.05) is 52.9 Å². The molecule has 0 spiro atoms. The molecule has 2 amide bonds. The number of hydrogen-bond acceptors (Lipinski definition) is 3. The molecule has 170 valence electrons. The fourth-order valence-corrected chi connectivity index (χ4v) is 4.04. The van der Waals surface area contributed by atoms with Crippen LogP contribution in [0.25, 0.3) is 22.8 Å². The fourth-order valence-electron chi connectivity index (χ4n) is 4.04. The van der Waals surface area contributed by atoms with E-state index in [1.54, 1.807) is 31.2 Å². The van der Waals surface area contributed by atoms with E-state index >= 15 is 0 Å². The molecule has 3 aromatic rings. The van der Waals surface area contributed by atoms with Crippen molar-refractivity contribution >= 4 is 29.2 Å². The van der Waals surface area contributed by atoms with Crippen LogP contribution in [0.4, 0.5) is 10.1 Å². The van der Waals surface area contributed by atoms with Crippen molar-refractivity contribution in [1.29, 1.82) is 0 Å². The number of carbonyl (C=O) groups is 2. The van der Waals surface area contributed by atoms with Gasteiger partial charge < -0.3 is 20.9 Å². The molecule has 2 aromatic carbocycles. The standard InChI is InChI=1S/C26H27FN4O2/c1-15(2)28-12-13-29-26(33)23-16(3)30-22(24(23)18-9-4-6-10-20(18)27)14-19-17-8-5-7-11-21(17)31-25(19)32/h4-11,14-15,28,30H,12-13H2,1-3H3,(H,29,33)(H,31,32). The van der Waals surface area contributed by atoms with Gasteiger partial charge in [0.15, 0.2) is 0 Å². The van der Waals surface area contributed by atoms with E-state index in [1.165, 1.54) is 6.07 Å². The summed E-state index contributed by atoms with van der Waals surface area (Å²) in [6.45, 7) is 6.90. The second-order valence-electron chi connectivity index (χ2n) is 8.32. The Morgan fingerprint density at radius 3 is 2.48 bits per heavy atom. The Morgan fingerprint density at radius 2 is 1.76 bits per heavy atom. The molecule has 4 rings (SSSR count). The van der Waals surface area contributed by atoms with Gasteiger partial charge in [-0.1, -0.05) is 50.2 Å². The number of aromatic nitrogens is 1. The third-order valence-corrected chi connectivity index (χ3v) is 5.55. The van der Waals surface area contributed by atoms with Crippen molar-refractivity contribution in [2.45, 2.75) is 26.8 Å². The maximum atomic E-state index is 14.9. The molecule has 0 radical (unpaired) electrons. The molecule has 0 fully saturated rings. The Morgan fingerprint density at radius 1 is 1.06 bits per heavy atom. The number of rotatable bonds is 7. The Balaban J connectivity index is 1.79. The van der Waals surface area contributed by atoms with Gasteiger partial charge in [0.1, 0.15) is 5.82 Å². The van der Waals surface area contributed by atoms with Crippen molar-refractivity contribution < 1.29 is 14.0 Å². The first-order valence-corrected chi connectivity index (χ1v) is 11.0. The average Bonchev–Trinajstić information content (AvgIpc) is 3.27. The van der Waals surface area contributed by atoms with Crippen LogP contribution in [-0.4, -0.2) is 35.9 Å². The summed E-state index contributed by atoms with van der Waals surface area (Å²) in [6.07, 6.45) is 1.69. The summed E-state index contributed by atoms with van der Waals surface area (Å²) in [6, 6.07) is 14.0. The molecule has 7 heteroatoms. The minimum absolute atomic E-state index is 0.242. The monoisotopic (exact) mass is 446 g/mol. The van der Waals surface area contributed by atoms with Crippen LogP contribution in [0.3, 0.4) is 0 Å². The fraction of sp³-hybridized carbons (Fsp3) is 0.231. The topological polar surface area (TPSA) is 86.0 Å². The normalized spacial score (nSPS) is 14.0. The molecular formula is C26H27FN4O2. The Hall–Kier alpha value is -3.71. The summed E-state index contributed by atoms with van der Waals surface area (Å²) in [7, 11) is 0. The Bertz CT molecular complexity index is 1240. The lowest BCUT2D eigenvalue weighted by Crippen LogP contribution is -2.34. The summed E-state index contributed by atoms with van der Waals surface area (Å²) < 4.78 is 14.9. The van der Waals surface area contributed by atoms with Gasteiger partial charge >= 0.3 is 0 Å². The number of aryl methyl sites for hydroxylation is 1. The number of hydrogen-bond donors (Lipinski definition) is 4. The van der Waals surface area contributed by atoms with Gasteiger partial charge in [-0.25, -0.2) is 4.39 Å². The molecule has 1 aliphatic rings. The number of fused-ring (bicyclic) bond motifs is 1. The zero-order chi connectivity index (χ0) is 23.5. The minimum atomic E-state index is -0.442. The van der Waals surface area contributed by atoms with Gasteiger partial charge in [-0.2, -0.15) is 0 Å². The summed E-state index contributed by atoms with van der Waals surface area (Å²) in [5.41, 5.74) is 4.14. The number of H-pyrrole nitrogens is 1. The maximum Gasteiger partial charge on any atom is 0.256 e. The van der Waals surface area contributed by atoms with Crippen molar-refractivity contribution in [1.82, 2.24) is 15.6 Å². The molecule has 33 heavy (non-hydrogen) atoms.